The number of cyclic esters (lactones) is 1. The molecule has 1 heterocycles. The molecular weight excluding hydrogens is 428 g/mol. The second-order valence-electron chi connectivity index (χ2n) is 7.68. The average Bonchev–Trinajstić information content (AvgIpc) is 2.80. The summed E-state index contributed by atoms with van der Waals surface area (Å²) >= 11 is 5.89. The fourth-order valence-electron chi connectivity index (χ4n) is 3.46. The molecule has 2 N–H and O–H groups in total. The average molecular weight is 455 g/mol. The molecule has 0 aliphatic carbocycles. The van der Waals surface area contributed by atoms with E-state index >= 15 is 0 Å². The first-order valence-corrected chi connectivity index (χ1v) is 11.1. The van der Waals surface area contributed by atoms with Crippen molar-refractivity contribution in [1.29, 1.82) is 0 Å². The van der Waals surface area contributed by atoms with Gasteiger partial charge < -0.3 is 15.4 Å². The quantitative estimate of drug-likeness (QED) is 0.532. The van der Waals surface area contributed by atoms with E-state index in [2.05, 4.69) is 10.6 Å². The summed E-state index contributed by atoms with van der Waals surface area (Å²) in [5.74, 6) is -1.96. The van der Waals surface area contributed by atoms with E-state index in [1.807, 2.05) is 54.6 Å². The first kappa shape index (κ1) is 23.5. The van der Waals surface area contributed by atoms with Crippen LogP contribution in [0.15, 0.2) is 66.7 Å². The Kier molecular flexibility index (Phi) is 8.87. The van der Waals surface area contributed by atoms with Crippen LogP contribution in [0.25, 0.3) is 0 Å². The molecule has 0 bridgehead atoms. The largest absolute Gasteiger partial charge is 0.465 e. The molecule has 1 unspecified atom stereocenters. The maximum Gasteiger partial charge on any atom is 0.315 e. The lowest BCUT2D eigenvalue weighted by Crippen LogP contribution is -2.38. The molecule has 2 aromatic carbocycles. The molecule has 168 valence electrons. The van der Waals surface area contributed by atoms with Gasteiger partial charge in [0.05, 0.1) is 18.4 Å². The summed E-state index contributed by atoms with van der Waals surface area (Å²) in [6.45, 7) is 0.759. The van der Waals surface area contributed by atoms with Gasteiger partial charge in [0.25, 0.3) is 0 Å². The number of rotatable bonds is 5. The lowest BCUT2D eigenvalue weighted by molar-refractivity contribution is -0.145. The van der Waals surface area contributed by atoms with Crippen molar-refractivity contribution < 1.29 is 19.1 Å². The molecule has 0 spiro atoms. The summed E-state index contributed by atoms with van der Waals surface area (Å²) in [7, 11) is 0. The van der Waals surface area contributed by atoms with Gasteiger partial charge in [0.15, 0.2) is 0 Å². The van der Waals surface area contributed by atoms with E-state index in [1.165, 1.54) is 0 Å². The van der Waals surface area contributed by atoms with E-state index in [9.17, 15) is 14.4 Å². The van der Waals surface area contributed by atoms with Crippen LogP contribution in [-0.4, -0.2) is 30.9 Å². The third-order valence-electron chi connectivity index (χ3n) is 5.29. The van der Waals surface area contributed by atoms with Crippen molar-refractivity contribution in [2.45, 2.75) is 31.7 Å². The number of carbonyl (C=O) groups excluding carboxylic acids is 3. The SMILES string of the molecule is O=C(C[C@@H]1CC=CCCOC(=O)C(c2ccccc2)CNC1=O)NCc1ccc(Cl)cc1. The van der Waals surface area contributed by atoms with Crippen LogP contribution in [0, 0.1) is 5.92 Å². The topological polar surface area (TPSA) is 84.5 Å². The van der Waals surface area contributed by atoms with Crippen LogP contribution < -0.4 is 10.6 Å². The number of amides is 2. The molecule has 2 aromatic rings. The second-order valence-corrected chi connectivity index (χ2v) is 8.11. The smallest absolute Gasteiger partial charge is 0.315 e. The van der Waals surface area contributed by atoms with Crippen LogP contribution in [0.5, 0.6) is 0 Å². The zero-order valence-corrected chi connectivity index (χ0v) is 18.5. The van der Waals surface area contributed by atoms with Crippen LogP contribution in [0.1, 0.15) is 36.3 Å². The van der Waals surface area contributed by atoms with Crippen LogP contribution in [0.2, 0.25) is 5.02 Å². The van der Waals surface area contributed by atoms with Crippen molar-refractivity contribution in [2.24, 2.45) is 5.92 Å². The molecule has 0 saturated carbocycles. The minimum Gasteiger partial charge on any atom is -0.465 e. The molecule has 7 heteroatoms. The van der Waals surface area contributed by atoms with Gasteiger partial charge in [0, 0.05) is 24.5 Å². The number of benzene rings is 2. The highest BCUT2D eigenvalue weighted by molar-refractivity contribution is 6.30. The highest BCUT2D eigenvalue weighted by atomic mass is 35.5. The Morgan fingerprint density at radius 2 is 1.81 bits per heavy atom. The number of halogens is 1. The van der Waals surface area contributed by atoms with Gasteiger partial charge in [-0.2, -0.15) is 0 Å². The van der Waals surface area contributed by atoms with E-state index in [1.54, 1.807) is 12.1 Å². The first-order chi connectivity index (χ1) is 15.5. The van der Waals surface area contributed by atoms with Gasteiger partial charge in [0.1, 0.15) is 0 Å². The van der Waals surface area contributed by atoms with E-state index < -0.39 is 11.8 Å². The van der Waals surface area contributed by atoms with Gasteiger partial charge in [-0.1, -0.05) is 66.2 Å². The lowest BCUT2D eigenvalue weighted by Gasteiger charge is -2.20. The Morgan fingerprint density at radius 3 is 2.56 bits per heavy atom. The minimum absolute atomic E-state index is 0.0597. The van der Waals surface area contributed by atoms with E-state index in [-0.39, 0.29) is 37.4 Å². The second kappa shape index (κ2) is 12.1. The predicted octanol–water partition coefficient (Wildman–Crippen LogP) is 3.76. The van der Waals surface area contributed by atoms with E-state index in [4.69, 9.17) is 16.3 Å². The van der Waals surface area contributed by atoms with E-state index in [0.29, 0.717) is 24.4 Å². The Labute approximate surface area is 193 Å². The summed E-state index contributed by atoms with van der Waals surface area (Å²) in [4.78, 5) is 37.9. The fraction of sp³-hybridized carbons (Fsp3) is 0.320. The third kappa shape index (κ3) is 7.24. The standard InChI is InChI=1S/C25H27ClN2O4/c26-21-12-10-18(11-13-21)16-27-23(29)15-20-9-5-2-6-14-32-25(31)22(17-28-24(20)30)19-7-3-1-4-8-19/h1-5,7-8,10-13,20,22H,6,9,14-17H2,(H,27,29)(H,28,30)/t20-,22?/m0/s1. The van der Waals surface area contributed by atoms with Gasteiger partial charge in [0.2, 0.25) is 11.8 Å². The van der Waals surface area contributed by atoms with Crippen molar-refractivity contribution in [2.75, 3.05) is 13.2 Å². The van der Waals surface area contributed by atoms with Crippen LogP contribution in [-0.2, 0) is 25.7 Å². The maximum absolute atomic E-state index is 12.9. The van der Waals surface area contributed by atoms with Crippen molar-refractivity contribution in [3.63, 3.8) is 0 Å². The number of esters is 1. The van der Waals surface area contributed by atoms with Gasteiger partial charge >= 0.3 is 5.97 Å². The summed E-state index contributed by atoms with van der Waals surface area (Å²) in [5.41, 5.74) is 1.71. The van der Waals surface area contributed by atoms with Crippen molar-refractivity contribution in [3.05, 3.63) is 82.9 Å². The molecule has 0 fully saturated rings. The number of hydrogen-bond donors (Lipinski definition) is 2. The Hall–Kier alpha value is -3.12. The fourth-order valence-corrected chi connectivity index (χ4v) is 3.58. The third-order valence-corrected chi connectivity index (χ3v) is 5.54. The predicted molar refractivity (Wildman–Crippen MR) is 123 cm³/mol. The molecule has 2 atom stereocenters. The summed E-state index contributed by atoms with van der Waals surface area (Å²) < 4.78 is 5.38. The molecular formula is C25H27ClN2O4. The van der Waals surface area contributed by atoms with Crippen LogP contribution in [0.3, 0.4) is 0 Å². The van der Waals surface area contributed by atoms with Gasteiger partial charge in [-0.05, 0) is 36.1 Å². The lowest BCUT2D eigenvalue weighted by atomic mass is 9.96. The molecule has 32 heavy (non-hydrogen) atoms. The van der Waals surface area contributed by atoms with Crippen LogP contribution in [0.4, 0.5) is 0 Å². The van der Waals surface area contributed by atoms with E-state index in [0.717, 1.165) is 11.1 Å². The molecule has 0 radical (unpaired) electrons. The Bertz CT molecular complexity index is 944. The molecule has 2 amide bonds. The number of hydrogen-bond acceptors (Lipinski definition) is 4. The van der Waals surface area contributed by atoms with Gasteiger partial charge in [-0.15, -0.1) is 0 Å². The molecule has 0 saturated heterocycles. The molecule has 0 aromatic heterocycles. The zero-order valence-electron chi connectivity index (χ0n) is 17.8. The first-order valence-electron chi connectivity index (χ1n) is 10.7. The highest BCUT2D eigenvalue weighted by Gasteiger charge is 2.26. The molecule has 6 nitrogen and oxygen atoms in total. The van der Waals surface area contributed by atoms with Crippen molar-refractivity contribution in [1.82, 2.24) is 10.6 Å². The molecule has 1 aliphatic rings. The van der Waals surface area contributed by atoms with Gasteiger partial charge in [-0.25, -0.2) is 0 Å². The summed E-state index contributed by atoms with van der Waals surface area (Å²) in [5, 5.41) is 6.33. The molecule has 1 aliphatic heterocycles. The van der Waals surface area contributed by atoms with Crippen molar-refractivity contribution in [3.8, 4) is 0 Å². The number of allylic oxidation sites excluding steroid dienone is 1. The number of nitrogens with one attached hydrogen (secondary N) is 2. The van der Waals surface area contributed by atoms with Crippen LogP contribution >= 0.6 is 11.6 Å². The van der Waals surface area contributed by atoms with Gasteiger partial charge in [-0.3, -0.25) is 14.4 Å². The number of carbonyl (C=O) groups is 3. The summed E-state index contributed by atoms with van der Waals surface area (Å²) in [6, 6.07) is 16.5. The maximum atomic E-state index is 12.9. The monoisotopic (exact) mass is 454 g/mol. The Balaban J connectivity index is 1.63. The molecule has 3 rings (SSSR count). The Morgan fingerprint density at radius 1 is 1.06 bits per heavy atom. The normalized spacial score (nSPS) is 19.8. The summed E-state index contributed by atoms with van der Waals surface area (Å²) in [6.07, 6.45) is 4.79. The number of ether oxygens (including phenoxy) is 1. The minimum atomic E-state index is -0.595. The van der Waals surface area contributed by atoms with Crippen molar-refractivity contribution >= 4 is 29.4 Å². The highest BCUT2D eigenvalue weighted by Crippen LogP contribution is 2.19. The zero-order chi connectivity index (χ0) is 22.8.